The number of aromatic amines is 1. The number of halogens is 1. The normalized spacial score (nSPS) is 10.6. The first-order valence-electron chi connectivity index (χ1n) is 5.45. The highest BCUT2D eigenvalue weighted by Gasteiger charge is 2.10. The molecular formula is C12H9ClN4O2. The van der Waals surface area contributed by atoms with Gasteiger partial charge in [-0.2, -0.15) is 15.1 Å². The number of ether oxygens (including phenoxy) is 2. The van der Waals surface area contributed by atoms with Crippen molar-refractivity contribution in [1.29, 1.82) is 0 Å². The highest BCUT2D eigenvalue weighted by atomic mass is 35.5. The summed E-state index contributed by atoms with van der Waals surface area (Å²) in [5.41, 5.74) is 0.531. The van der Waals surface area contributed by atoms with E-state index in [0.29, 0.717) is 22.7 Å². The minimum Gasteiger partial charge on any atom is -0.497 e. The van der Waals surface area contributed by atoms with Gasteiger partial charge < -0.3 is 9.47 Å². The van der Waals surface area contributed by atoms with Crippen LogP contribution >= 0.6 is 11.6 Å². The Labute approximate surface area is 113 Å². The Morgan fingerprint density at radius 2 is 1.84 bits per heavy atom. The third-order valence-corrected chi connectivity index (χ3v) is 2.69. The molecule has 0 atom stereocenters. The van der Waals surface area contributed by atoms with E-state index < -0.39 is 0 Å². The average Bonchev–Trinajstić information content (AvgIpc) is 2.88. The van der Waals surface area contributed by atoms with Crippen LogP contribution in [-0.4, -0.2) is 27.3 Å². The van der Waals surface area contributed by atoms with E-state index in [2.05, 4.69) is 20.2 Å². The third kappa shape index (κ3) is 2.30. The van der Waals surface area contributed by atoms with Crippen molar-refractivity contribution in [1.82, 2.24) is 20.2 Å². The highest BCUT2D eigenvalue weighted by molar-refractivity contribution is 6.28. The lowest BCUT2D eigenvalue weighted by Gasteiger charge is -2.06. The van der Waals surface area contributed by atoms with Gasteiger partial charge in [0.05, 0.1) is 13.3 Å². The Morgan fingerprint density at radius 3 is 2.58 bits per heavy atom. The Balaban J connectivity index is 1.97. The second-order valence-corrected chi connectivity index (χ2v) is 4.05. The van der Waals surface area contributed by atoms with Crippen LogP contribution in [0.15, 0.2) is 30.5 Å². The van der Waals surface area contributed by atoms with Gasteiger partial charge in [-0.1, -0.05) is 0 Å². The zero-order chi connectivity index (χ0) is 13.2. The number of H-pyrrole nitrogens is 1. The summed E-state index contributed by atoms with van der Waals surface area (Å²) in [5, 5.41) is 7.37. The van der Waals surface area contributed by atoms with E-state index in [1.54, 1.807) is 37.6 Å². The molecule has 0 spiro atoms. The second-order valence-electron chi connectivity index (χ2n) is 3.71. The number of benzene rings is 1. The van der Waals surface area contributed by atoms with Gasteiger partial charge in [0.2, 0.25) is 11.2 Å². The molecule has 1 N–H and O–H groups in total. The molecular weight excluding hydrogens is 268 g/mol. The maximum atomic E-state index is 5.82. The van der Waals surface area contributed by atoms with Crippen LogP contribution in [0, 0.1) is 0 Å². The van der Waals surface area contributed by atoms with Gasteiger partial charge in [0.1, 0.15) is 16.9 Å². The van der Waals surface area contributed by atoms with Crippen LogP contribution in [0.5, 0.6) is 17.4 Å². The summed E-state index contributed by atoms with van der Waals surface area (Å²) < 4.78 is 10.8. The summed E-state index contributed by atoms with van der Waals surface area (Å²) in [7, 11) is 1.61. The van der Waals surface area contributed by atoms with Gasteiger partial charge in [0.15, 0.2) is 5.65 Å². The van der Waals surface area contributed by atoms with Crippen LogP contribution in [-0.2, 0) is 0 Å². The van der Waals surface area contributed by atoms with Gasteiger partial charge in [-0.3, -0.25) is 5.10 Å². The number of hydrogen-bond acceptors (Lipinski definition) is 5. The molecule has 0 aliphatic carbocycles. The first-order valence-corrected chi connectivity index (χ1v) is 5.82. The number of rotatable bonds is 3. The van der Waals surface area contributed by atoms with Gasteiger partial charge in [-0.25, -0.2) is 0 Å². The van der Waals surface area contributed by atoms with Crippen LogP contribution in [0.3, 0.4) is 0 Å². The zero-order valence-corrected chi connectivity index (χ0v) is 10.7. The molecule has 96 valence electrons. The highest BCUT2D eigenvalue weighted by Crippen LogP contribution is 2.28. The lowest BCUT2D eigenvalue weighted by atomic mass is 10.3. The molecule has 2 aromatic heterocycles. The van der Waals surface area contributed by atoms with Crippen molar-refractivity contribution in [2.24, 2.45) is 0 Å². The van der Waals surface area contributed by atoms with E-state index in [4.69, 9.17) is 21.1 Å². The van der Waals surface area contributed by atoms with Gasteiger partial charge in [-0.15, -0.1) is 0 Å². The fourth-order valence-corrected chi connectivity index (χ4v) is 1.78. The summed E-state index contributed by atoms with van der Waals surface area (Å²) in [5.74, 6) is 1.73. The standard InChI is InChI=1S/C12H9ClN4O2/c1-18-7-2-4-8(5-3-7)19-11-9-6-14-17-10(9)15-12(13)16-11/h2-6H,1H3,(H,14,15,16,17). The summed E-state index contributed by atoms with van der Waals surface area (Å²) in [6.07, 6.45) is 1.59. The molecule has 0 aliphatic heterocycles. The lowest BCUT2D eigenvalue weighted by Crippen LogP contribution is -1.92. The first-order chi connectivity index (χ1) is 9.26. The van der Waals surface area contributed by atoms with Crippen LogP contribution in [0.25, 0.3) is 11.0 Å². The molecule has 2 heterocycles. The maximum absolute atomic E-state index is 5.82. The van der Waals surface area contributed by atoms with Crippen molar-refractivity contribution in [3.8, 4) is 17.4 Å². The number of aromatic nitrogens is 4. The predicted molar refractivity (Wildman–Crippen MR) is 69.8 cm³/mol. The fraction of sp³-hybridized carbons (Fsp3) is 0.0833. The van der Waals surface area contributed by atoms with Gasteiger partial charge in [-0.05, 0) is 35.9 Å². The number of hydrogen-bond donors (Lipinski definition) is 1. The molecule has 19 heavy (non-hydrogen) atoms. The molecule has 0 unspecified atom stereocenters. The zero-order valence-electron chi connectivity index (χ0n) is 9.92. The number of fused-ring (bicyclic) bond motifs is 1. The predicted octanol–water partition coefficient (Wildman–Crippen LogP) is 2.81. The quantitative estimate of drug-likeness (QED) is 0.745. The molecule has 0 saturated carbocycles. The molecule has 3 aromatic rings. The summed E-state index contributed by atoms with van der Waals surface area (Å²) in [6, 6.07) is 7.15. The van der Waals surface area contributed by atoms with Gasteiger partial charge in [0, 0.05) is 0 Å². The largest absolute Gasteiger partial charge is 0.497 e. The minimum absolute atomic E-state index is 0.0975. The van der Waals surface area contributed by atoms with Crippen LogP contribution in [0.2, 0.25) is 5.28 Å². The SMILES string of the molecule is COc1ccc(Oc2nc(Cl)nc3[nH]ncc23)cc1. The Hall–Kier alpha value is -2.34. The molecule has 0 amide bonds. The molecule has 0 bridgehead atoms. The van der Waals surface area contributed by atoms with Crippen molar-refractivity contribution in [2.45, 2.75) is 0 Å². The topological polar surface area (TPSA) is 72.9 Å². The Morgan fingerprint density at radius 1 is 1.11 bits per heavy atom. The summed E-state index contributed by atoms with van der Waals surface area (Å²) >= 11 is 5.82. The average molecular weight is 277 g/mol. The first kappa shape index (κ1) is 11.7. The smallest absolute Gasteiger partial charge is 0.234 e. The van der Waals surface area contributed by atoms with E-state index >= 15 is 0 Å². The number of methoxy groups -OCH3 is 1. The van der Waals surface area contributed by atoms with E-state index in [1.807, 2.05) is 0 Å². The van der Waals surface area contributed by atoms with E-state index in [9.17, 15) is 0 Å². The maximum Gasteiger partial charge on any atom is 0.234 e. The Kier molecular flexibility index (Phi) is 2.92. The molecule has 6 nitrogen and oxygen atoms in total. The Bertz CT molecular complexity index is 711. The fourth-order valence-electron chi connectivity index (χ4n) is 1.62. The van der Waals surface area contributed by atoms with Crippen molar-refractivity contribution >= 4 is 22.6 Å². The molecule has 1 aromatic carbocycles. The van der Waals surface area contributed by atoms with E-state index in [-0.39, 0.29) is 5.28 Å². The molecule has 0 radical (unpaired) electrons. The summed E-state index contributed by atoms with van der Waals surface area (Å²) in [4.78, 5) is 8.05. The van der Waals surface area contributed by atoms with Gasteiger partial charge >= 0.3 is 0 Å². The van der Waals surface area contributed by atoms with E-state index in [0.717, 1.165) is 5.75 Å². The van der Waals surface area contributed by atoms with Crippen molar-refractivity contribution in [3.05, 3.63) is 35.7 Å². The number of nitrogens with zero attached hydrogens (tertiary/aromatic N) is 3. The second kappa shape index (κ2) is 4.74. The third-order valence-electron chi connectivity index (χ3n) is 2.52. The van der Waals surface area contributed by atoms with Crippen LogP contribution in [0.4, 0.5) is 0 Å². The van der Waals surface area contributed by atoms with Crippen LogP contribution in [0.1, 0.15) is 0 Å². The molecule has 0 fully saturated rings. The molecule has 3 rings (SSSR count). The van der Waals surface area contributed by atoms with Crippen LogP contribution < -0.4 is 9.47 Å². The molecule has 0 aliphatic rings. The monoisotopic (exact) mass is 276 g/mol. The minimum atomic E-state index is 0.0975. The number of nitrogens with one attached hydrogen (secondary N) is 1. The van der Waals surface area contributed by atoms with Crippen molar-refractivity contribution in [3.63, 3.8) is 0 Å². The summed E-state index contributed by atoms with van der Waals surface area (Å²) in [6.45, 7) is 0. The van der Waals surface area contributed by atoms with Crippen molar-refractivity contribution in [2.75, 3.05) is 7.11 Å². The molecule has 7 heteroatoms. The van der Waals surface area contributed by atoms with Gasteiger partial charge in [0.25, 0.3) is 0 Å². The van der Waals surface area contributed by atoms with E-state index in [1.165, 1.54) is 0 Å². The van der Waals surface area contributed by atoms with Crippen molar-refractivity contribution < 1.29 is 9.47 Å². The molecule has 0 saturated heterocycles. The lowest BCUT2D eigenvalue weighted by molar-refractivity contribution is 0.412.